The standard InChI is InChI=1S/C12H12N4O3/c1-19-12(18)15-10-4-2-3-9(7-10)14-11(17)16-6-5-13-8-16/h2-8H,1H3,(H,14,17)(H,15,18). The van der Waals surface area contributed by atoms with Crippen LogP contribution < -0.4 is 10.6 Å². The molecule has 1 aromatic carbocycles. The van der Waals surface area contributed by atoms with Crippen LogP contribution in [0.4, 0.5) is 21.0 Å². The number of hydrogen-bond donors (Lipinski definition) is 2. The molecule has 7 nitrogen and oxygen atoms in total. The molecule has 0 aliphatic carbocycles. The molecule has 2 N–H and O–H groups in total. The Morgan fingerprint density at radius 3 is 2.63 bits per heavy atom. The zero-order valence-electron chi connectivity index (χ0n) is 10.2. The molecule has 0 spiro atoms. The van der Waals surface area contributed by atoms with E-state index < -0.39 is 6.09 Å². The van der Waals surface area contributed by atoms with E-state index in [4.69, 9.17) is 0 Å². The van der Waals surface area contributed by atoms with Crippen LogP contribution in [0.2, 0.25) is 0 Å². The first-order valence-corrected chi connectivity index (χ1v) is 5.43. The third kappa shape index (κ3) is 3.32. The van der Waals surface area contributed by atoms with Crippen LogP contribution in [0.3, 0.4) is 0 Å². The minimum Gasteiger partial charge on any atom is -0.453 e. The summed E-state index contributed by atoms with van der Waals surface area (Å²) >= 11 is 0. The van der Waals surface area contributed by atoms with Crippen molar-refractivity contribution in [2.24, 2.45) is 0 Å². The second kappa shape index (κ2) is 5.67. The molecule has 0 radical (unpaired) electrons. The molecule has 19 heavy (non-hydrogen) atoms. The lowest BCUT2D eigenvalue weighted by molar-refractivity contribution is 0.187. The number of imidazole rings is 1. The Balaban J connectivity index is 2.07. The van der Waals surface area contributed by atoms with Crippen LogP contribution in [0.15, 0.2) is 43.0 Å². The number of benzene rings is 1. The number of hydrogen-bond acceptors (Lipinski definition) is 4. The van der Waals surface area contributed by atoms with E-state index in [9.17, 15) is 9.59 Å². The molecule has 1 heterocycles. The predicted molar refractivity (Wildman–Crippen MR) is 69.1 cm³/mol. The highest BCUT2D eigenvalue weighted by Gasteiger charge is 2.05. The van der Waals surface area contributed by atoms with Gasteiger partial charge in [0.15, 0.2) is 0 Å². The van der Waals surface area contributed by atoms with Crippen molar-refractivity contribution in [1.29, 1.82) is 0 Å². The number of methoxy groups -OCH3 is 1. The lowest BCUT2D eigenvalue weighted by Gasteiger charge is -2.08. The Bertz CT molecular complexity index is 580. The molecule has 0 saturated heterocycles. The molecule has 0 aliphatic heterocycles. The van der Waals surface area contributed by atoms with Gasteiger partial charge in [0.25, 0.3) is 0 Å². The van der Waals surface area contributed by atoms with Crippen molar-refractivity contribution in [1.82, 2.24) is 9.55 Å². The summed E-state index contributed by atoms with van der Waals surface area (Å²) in [6.07, 6.45) is 3.87. The van der Waals surface area contributed by atoms with Gasteiger partial charge in [-0.15, -0.1) is 0 Å². The van der Waals surface area contributed by atoms with Crippen molar-refractivity contribution in [3.05, 3.63) is 43.0 Å². The number of amides is 2. The van der Waals surface area contributed by atoms with E-state index in [-0.39, 0.29) is 6.03 Å². The van der Waals surface area contributed by atoms with Crippen LogP contribution in [0.25, 0.3) is 0 Å². The van der Waals surface area contributed by atoms with E-state index in [1.807, 2.05) is 0 Å². The average molecular weight is 260 g/mol. The first-order chi connectivity index (χ1) is 9.19. The predicted octanol–water partition coefficient (Wildman–Crippen LogP) is 2.14. The van der Waals surface area contributed by atoms with E-state index >= 15 is 0 Å². The van der Waals surface area contributed by atoms with Gasteiger partial charge in [-0.1, -0.05) is 6.07 Å². The Hall–Kier alpha value is -2.83. The summed E-state index contributed by atoms with van der Waals surface area (Å²) in [5.74, 6) is 0. The molecule has 2 aromatic rings. The van der Waals surface area contributed by atoms with Crippen LogP contribution in [-0.4, -0.2) is 28.8 Å². The number of nitrogens with one attached hydrogen (secondary N) is 2. The first-order valence-electron chi connectivity index (χ1n) is 5.43. The number of aromatic nitrogens is 2. The minimum absolute atomic E-state index is 0.340. The monoisotopic (exact) mass is 260 g/mol. The highest BCUT2D eigenvalue weighted by molar-refractivity contribution is 5.92. The molecule has 0 unspecified atom stereocenters. The van der Waals surface area contributed by atoms with Gasteiger partial charge < -0.3 is 10.1 Å². The molecular weight excluding hydrogens is 248 g/mol. The summed E-state index contributed by atoms with van der Waals surface area (Å²) in [5, 5.41) is 5.18. The largest absolute Gasteiger partial charge is 0.453 e. The van der Waals surface area contributed by atoms with Crippen LogP contribution in [0.5, 0.6) is 0 Å². The van der Waals surface area contributed by atoms with E-state index in [1.54, 1.807) is 24.3 Å². The van der Waals surface area contributed by atoms with Gasteiger partial charge in [-0.3, -0.25) is 9.88 Å². The molecule has 0 aliphatic rings. The fraction of sp³-hybridized carbons (Fsp3) is 0.0833. The molecule has 7 heteroatoms. The maximum Gasteiger partial charge on any atom is 0.411 e. The second-order valence-corrected chi connectivity index (χ2v) is 3.60. The number of ether oxygens (including phenoxy) is 1. The van der Waals surface area contributed by atoms with Crippen LogP contribution >= 0.6 is 0 Å². The number of anilines is 2. The zero-order chi connectivity index (χ0) is 13.7. The number of rotatable bonds is 2. The van der Waals surface area contributed by atoms with Gasteiger partial charge in [-0.2, -0.15) is 0 Å². The Morgan fingerprint density at radius 1 is 1.26 bits per heavy atom. The second-order valence-electron chi connectivity index (χ2n) is 3.60. The van der Waals surface area contributed by atoms with Gasteiger partial charge in [0.2, 0.25) is 0 Å². The summed E-state index contributed by atoms with van der Waals surface area (Å²) in [7, 11) is 1.28. The minimum atomic E-state index is -0.571. The van der Waals surface area contributed by atoms with E-state index in [1.165, 1.54) is 30.4 Å². The third-order valence-corrected chi connectivity index (χ3v) is 2.28. The topological polar surface area (TPSA) is 85.3 Å². The fourth-order valence-corrected chi connectivity index (χ4v) is 1.41. The summed E-state index contributed by atoms with van der Waals surface area (Å²) in [5.41, 5.74) is 1.07. The molecule has 0 fully saturated rings. The molecule has 2 rings (SSSR count). The van der Waals surface area contributed by atoms with Gasteiger partial charge in [0.05, 0.1) is 7.11 Å². The summed E-state index contributed by atoms with van der Waals surface area (Å²) < 4.78 is 5.79. The summed E-state index contributed by atoms with van der Waals surface area (Å²) in [6, 6.07) is 6.37. The van der Waals surface area contributed by atoms with Crippen molar-refractivity contribution in [2.75, 3.05) is 17.7 Å². The SMILES string of the molecule is COC(=O)Nc1cccc(NC(=O)n2ccnc2)c1. The van der Waals surface area contributed by atoms with Gasteiger partial charge in [0.1, 0.15) is 6.33 Å². The fourth-order valence-electron chi connectivity index (χ4n) is 1.41. The van der Waals surface area contributed by atoms with Crippen LogP contribution in [0, 0.1) is 0 Å². The van der Waals surface area contributed by atoms with E-state index in [0.717, 1.165) is 0 Å². The normalized spacial score (nSPS) is 9.74. The number of carbonyl (C=O) groups is 2. The summed E-state index contributed by atoms with van der Waals surface area (Å²) in [4.78, 5) is 26.6. The lowest BCUT2D eigenvalue weighted by Crippen LogP contribution is -2.18. The van der Waals surface area contributed by atoms with E-state index in [0.29, 0.717) is 11.4 Å². The molecule has 2 amide bonds. The first kappa shape index (κ1) is 12.6. The highest BCUT2D eigenvalue weighted by atomic mass is 16.5. The van der Waals surface area contributed by atoms with Crippen molar-refractivity contribution in [2.45, 2.75) is 0 Å². The van der Waals surface area contributed by atoms with Crippen molar-refractivity contribution in [3.63, 3.8) is 0 Å². The average Bonchev–Trinajstić information content (AvgIpc) is 2.93. The molecule has 0 saturated carbocycles. The zero-order valence-corrected chi connectivity index (χ0v) is 10.2. The molecule has 1 aromatic heterocycles. The Kier molecular flexibility index (Phi) is 3.77. The van der Waals surface area contributed by atoms with Gasteiger partial charge in [0, 0.05) is 23.8 Å². The molecular formula is C12H12N4O3. The Morgan fingerprint density at radius 2 is 2.00 bits per heavy atom. The van der Waals surface area contributed by atoms with Crippen molar-refractivity contribution in [3.8, 4) is 0 Å². The Labute approximate surface area is 109 Å². The number of carbonyl (C=O) groups excluding carboxylic acids is 2. The van der Waals surface area contributed by atoms with Gasteiger partial charge in [-0.05, 0) is 18.2 Å². The third-order valence-electron chi connectivity index (χ3n) is 2.28. The summed E-state index contributed by atoms with van der Waals surface area (Å²) in [6.45, 7) is 0. The van der Waals surface area contributed by atoms with Crippen molar-refractivity contribution < 1.29 is 14.3 Å². The van der Waals surface area contributed by atoms with Crippen LogP contribution in [-0.2, 0) is 4.74 Å². The van der Waals surface area contributed by atoms with Gasteiger partial charge in [-0.25, -0.2) is 14.6 Å². The maximum atomic E-state index is 11.8. The van der Waals surface area contributed by atoms with Crippen LogP contribution in [0.1, 0.15) is 0 Å². The molecule has 98 valence electrons. The van der Waals surface area contributed by atoms with Gasteiger partial charge >= 0.3 is 12.1 Å². The smallest absolute Gasteiger partial charge is 0.411 e. The molecule has 0 bridgehead atoms. The lowest BCUT2D eigenvalue weighted by atomic mass is 10.3. The van der Waals surface area contributed by atoms with Crippen molar-refractivity contribution >= 4 is 23.5 Å². The van der Waals surface area contributed by atoms with E-state index in [2.05, 4.69) is 20.4 Å². The molecule has 0 atom stereocenters. The highest BCUT2D eigenvalue weighted by Crippen LogP contribution is 2.15. The quantitative estimate of drug-likeness (QED) is 0.866. The maximum absolute atomic E-state index is 11.8. The number of nitrogens with zero attached hydrogens (tertiary/aromatic N) is 2.